The van der Waals surface area contributed by atoms with Gasteiger partial charge in [-0.1, -0.05) is 0 Å². The molecule has 0 amide bonds. The Kier molecular flexibility index (Phi) is 2.57. The van der Waals surface area contributed by atoms with Crippen molar-refractivity contribution in [3.63, 3.8) is 0 Å². The number of ether oxygens (including phenoxy) is 1. The number of nitrogens with zero attached hydrogens (tertiary/aromatic N) is 1. The second-order valence-electron chi connectivity index (χ2n) is 3.47. The number of fused-ring (bicyclic) bond motifs is 1. The van der Waals surface area contributed by atoms with Gasteiger partial charge >= 0.3 is 0 Å². The van der Waals surface area contributed by atoms with E-state index in [1.54, 1.807) is 7.11 Å². The number of anilines is 1. The SMILES string of the molecule is COC1CCNc2c(C#N)cc(F)cc21. The minimum absolute atomic E-state index is 0.121. The summed E-state index contributed by atoms with van der Waals surface area (Å²) in [6.45, 7) is 0.742. The van der Waals surface area contributed by atoms with Crippen molar-refractivity contribution in [2.24, 2.45) is 0 Å². The summed E-state index contributed by atoms with van der Waals surface area (Å²) in [4.78, 5) is 0. The summed E-state index contributed by atoms with van der Waals surface area (Å²) >= 11 is 0. The van der Waals surface area contributed by atoms with Crippen LogP contribution in [0.3, 0.4) is 0 Å². The molecule has 1 heterocycles. The van der Waals surface area contributed by atoms with Gasteiger partial charge in [-0.25, -0.2) is 4.39 Å². The van der Waals surface area contributed by atoms with Crippen LogP contribution in [0.15, 0.2) is 12.1 Å². The van der Waals surface area contributed by atoms with Crippen molar-refractivity contribution >= 4 is 5.69 Å². The zero-order chi connectivity index (χ0) is 10.8. The summed E-state index contributed by atoms with van der Waals surface area (Å²) in [5, 5.41) is 12.0. The molecular weight excluding hydrogens is 195 g/mol. The van der Waals surface area contributed by atoms with Crippen LogP contribution in [0.1, 0.15) is 23.7 Å². The molecule has 0 spiro atoms. The smallest absolute Gasteiger partial charge is 0.125 e. The Hall–Kier alpha value is -1.60. The third kappa shape index (κ3) is 1.66. The van der Waals surface area contributed by atoms with E-state index < -0.39 is 5.82 Å². The van der Waals surface area contributed by atoms with Gasteiger partial charge in [-0.15, -0.1) is 0 Å². The number of benzene rings is 1. The molecular formula is C11H11FN2O. The Morgan fingerprint density at radius 3 is 3.07 bits per heavy atom. The van der Waals surface area contributed by atoms with Crippen molar-refractivity contribution in [1.29, 1.82) is 5.26 Å². The van der Waals surface area contributed by atoms with Crippen LogP contribution in [0.4, 0.5) is 10.1 Å². The topological polar surface area (TPSA) is 45.0 Å². The number of methoxy groups -OCH3 is 1. The molecule has 0 fully saturated rings. The lowest BCUT2D eigenvalue weighted by molar-refractivity contribution is 0.0962. The summed E-state index contributed by atoms with van der Waals surface area (Å²) in [7, 11) is 1.59. The van der Waals surface area contributed by atoms with Crippen molar-refractivity contribution in [2.45, 2.75) is 12.5 Å². The van der Waals surface area contributed by atoms with Gasteiger partial charge in [-0.2, -0.15) is 5.26 Å². The number of halogens is 1. The molecule has 1 unspecified atom stereocenters. The Balaban J connectivity index is 2.57. The molecule has 4 heteroatoms. The predicted molar refractivity (Wildman–Crippen MR) is 54.0 cm³/mol. The zero-order valence-corrected chi connectivity index (χ0v) is 8.38. The molecule has 0 bridgehead atoms. The number of rotatable bonds is 1. The van der Waals surface area contributed by atoms with Gasteiger partial charge < -0.3 is 10.1 Å². The van der Waals surface area contributed by atoms with Gasteiger partial charge in [-0.05, 0) is 18.6 Å². The fourth-order valence-electron chi connectivity index (χ4n) is 1.90. The first-order chi connectivity index (χ1) is 7.26. The maximum atomic E-state index is 13.2. The quantitative estimate of drug-likeness (QED) is 0.766. The van der Waals surface area contributed by atoms with E-state index in [1.165, 1.54) is 12.1 Å². The molecule has 1 aliphatic rings. The molecule has 15 heavy (non-hydrogen) atoms. The number of hydrogen-bond acceptors (Lipinski definition) is 3. The summed E-state index contributed by atoms with van der Waals surface area (Å²) < 4.78 is 18.5. The summed E-state index contributed by atoms with van der Waals surface area (Å²) in [6, 6.07) is 4.65. The van der Waals surface area contributed by atoms with Gasteiger partial charge in [0.1, 0.15) is 11.9 Å². The molecule has 0 radical (unpaired) electrons. The lowest BCUT2D eigenvalue weighted by atomic mass is 9.97. The maximum Gasteiger partial charge on any atom is 0.125 e. The lowest BCUT2D eigenvalue weighted by Gasteiger charge is -2.26. The maximum absolute atomic E-state index is 13.2. The van der Waals surface area contributed by atoms with Crippen LogP contribution in [0.2, 0.25) is 0 Å². The largest absolute Gasteiger partial charge is 0.384 e. The van der Waals surface area contributed by atoms with Crippen LogP contribution in [0.25, 0.3) is 0 Å². The lowest BCUT2D eigenvalue weighted by Crippen LogP contribution is -2.19. The average Bonchev–Trinajstić information content (AvgIpc) is 2.27. The standard InChI is InChI=1S/C11H11FN2O/c1-15-10-2-3-14-11-7(6-13)4-8(12)5-9(10)11/h4-5,10,14H,2-3H2,1H3. The van der Waals surface area contributed by atoms with E-state index >= 15 is 0 Å². The molecule has 78 valence electrons. The molecule has 3 nitrogen and oxygen atoms in total. The number of hydrogen-bond donors (Lipinski definition) is 1. The minimum Gasteiger partial charge on any atom is -0.384 e. The van der Waals surface area contributed by atoms with E-state index in [0.29, 0.717) is 11.3 Å². The first-order valence-electron chi connectivity index (χ1n) is 4.76. The third-order valence-electron chi connectivity index (χ3n) is 2.59. The van der Waals surface area contributed by atoms with Crippen LogP contribution in [-0.2, 0) is 4.74 Å². The fraction of sp³-hybridized carbons (Fsp3) is 0.364. The van der Waals surface area contributed by atoms with Crippen molar-refractivity contribution in [1.82, 2.24) is 0 Å². The first-order valence-corrected chi connectivity index (χ1v) is 4.76. The summed E-state index contributed by atoms with van der Waals surface area (Å²) in [5.74, 6) is -0.393. The molecule has 1 atom stereocenters. The number of nitriles is 1. The van der Waals surface area contributed by atoms with Gasteiger partial charge in [0, 0.05) is 19.2 Å². The Morgan fingerprint density at radius 1 is 1.60 bits per heavy atom. The Bertz CT molecular complexity index is 425. The summed E-state index contributed by atoms with van der Waals surface area (Å²) in [5.41, 5.74) is 1.78. The molecule has 1 aromatic rings. The summed E-state index contributed by atoms with van der Waals surface area (Å²) in [6.07, 6.45) is 0.668. The third-order valence-corrected chi connectivity index (χ3v) is 2.59. The van der Waals surface area contributed by atoms with E-state index in [9.17, 15) is 4.39 Å². The van der Waals surface area contributed by atoms with Crippen molar-refractivity contribution in [3.05, 3.63) is 29.1 Å². The molecule has 1 aromatic carbocycles. The van der Waals surface area contributed by atoms with Crippen LogP contribution < -0.4 is 5.32 Å². The Labute approximate surface area is 87.5 Å². The molecule has 0 aromatic heterocycles. The van der Waals surface area contributed by atoms with Crippen LogP contribution in [-0.4, -0.2) is 13.7 Å². The van der Waals surface area contributed by atoms with Gasteiger partial charge in [-0.3, -0.25) is 0 Å². The second-order valence-corrected chi connectivity index (χ2v) is 3.47. The van der Waals surface area contributed by atoms with E-state index in [1.807, 2.05) is 6.07 Å². The van der Waals surface area contributed by atoms with E-state index in [4.69, 9.17) is 10.00 Å². The molecule has 1 aliphatic heterocycles. The van der Waals surface area contributed by atoms with Crippen LogP contribution >= 0.6 is 0 Å². The van der Waals surface area contributed by atoms with Crippen molar-refractivity contribution in [3.8, 4) is 6.07 Å². The van der Waals surface area contributed by atoms with Crippen molar-refractivity contribution < 1.29 is 9.13 Å². The van der Waals surface area contributed by atoms with Crippen LogP contribution in [0, 0.1) is 17.1 Å². The Morgan fingerprint density at radius 2 is 2.40 bits per heavy atom. The zero-order valence-electron chi connectivity index (χ0n) is 8.38. The molecule has 0 saturated heterocycles. The molecule has 0 aliphatic carbocycles. The van der Waals surface area contributed by atoms with E-state index in [0.717, 1.165) is 18.5 Å². The van der Waals surface area contributed by atoms with Gasteiger partial charge in [0.2, 0.25) is 0 Å². The average molecular weight is 206 g/mol. The highest BCUT2D eigenvalue weighted by atomic mass is 19.1. The highest BCUT2D eigenvalue weighted by molar-refractivity contribution is 5.64. The normalized spacial score (nSPS) is 18.9. The van der Waals surface area contributed by atoms with E-state index in [2.05, 4.69) is 5.32 Å². The van der Waals surface area contributed by atoms with Gasteiger partial charge in [0.25, 0.3) is 0 Å². The first kappa shape index (κ1) is 9.94. The number of nitrogens with one attached hydrogen (secondary N) is 1. The van der Waals surface area contributed by atoms with Gasteiger partial charge in [0.05, 0.1) is 17.4 Å². The second kappa shape index (κ2) is 3.87. The monoisotopic (exact) mass is 206 g/mol. The highest BCUT2D eigenvalue weighted by Crippen LogP contribution is 2.34. The minimum atomic E-state index is -0.393. The molecule has 1 N–H and O–H groups in total. The molecule has 2 rings (SSSR count). The molecule has 0 saturated carbocycles. The predicted octanol–water partition coefficient (Wildman–Crippen LogP) is 2.20. The fourth-order valence-corrected chi connectivity index (χ4v) is 1.90. The van der Waals surface area contributed by atoms with Crippen LogP contribution in [0.5, 0.6) is 0 Å². The van der Waals surface area contributed by atoms with E-state index in [-0.39, 0.29) is 6.10 Å². The van der Waals surface area contributed by atoms with Gasteiger partial charge in [0.15, 0.2) is 0 Å². The highest BCUT2D eigenvalue weighted by Gasteiger charge is 2.22. The van der Waals surface area contributed by atoms with Crippen molar-refractivity contribution in [2.75, 3.05) is 19.0 Å².